The lowest BCUT2D eigenvalue weighted by atomic mass is 9.90. The first-order valence-electron chi connectivity index (χ1n) is 10.0. The molecule has 0 saturated heterocycles. The zero-order valence-electron chi connectivity index (χ0n) is 17.1. The molecule has 0 radical (unpaired) electrons. The highest BCUT2D eigenvalue weighted by molar-refractivity contribution is 6.06. The van der Waals surface area contributed by atoms with Crippen LogP contribution in [-0.4, -0.2) is 30.8 Å². The average molecular weight is 442 g/mol. The molecule has 0 aliphatic heterocycles. The van der Waals surface area contributed by atoms with Crippen molar-refractivity contribution in [1.82, 2.24) is 19.7 Å². The summed E-state index contributed by atoms with van der Waals surface area (Å²) in [5.74, 6) is -1.80. The van der Waals surface area contributed by atoms with Gasteiger partial charge in [0.1, 0.15) is 18.2 Å². The number of fused-ring (bicyclic) bond motifs is 1. The number of aliphatic carboxylic acids is 1. The van der Waals surface area contributed by atoms with Gasteiger partial charge in [-0.1, -0.05) is 12.1 Å². The Bertz CT molecular complexity index is 1470. The van der Waals surface area contributed by atoms with Gasteiger partial charge in [-0.15, -0.1) is 0 Å². The molecule has 5 rings (SSSR count). The van der Waals surface area contributed by atoms with Gasteiger partial charge in [0.2, 0.25) is 0 Å². The fourth-order valence-electron chi connectivity index (χ4n) is 3.84. The second-order valence-corrected chi connectivity index (χ2v) is 7.42. The van der Waals surface area contributed by atoms with Gasteiger partial charge in [-0.3, -0.25) is 14.5 Å². The Labute approximate surface area is 186 Å². The second kappa shape index (κ2) is 8.23. The molecule has 0 aliphatic carbocycles. The molecule has 0 unspecified atom stereocenters. The summed E-state index contributed by atoms with van der Waals surface area (Å²) in [5.41, 5.74) is 4.45. The summed E-state index contributed by atoms with van der Waals surface area (Å²) >= 11 is 0. The second-order valence-electron chi connectivity index (χ2n) is 7.42. The van der Waals surface area contributed by atoms with Gasteiger partial charge in [-0.2, -0.15) is 5.10 Å². The van der Waals surface area contributed by atoms with Crippen LogP contribution in [0.1, 0.15) is 0 Å². The van der Waals surface area contributed by atoms with E-state index in [4.69, 9.17) is 4.98 Å². The van der Waals surface area contributed by atoms with Crippen molar-refractivity contribution in [2.24, 2.45) is 0 Å². The van der Waals surface area contributed by atoms with Crippen molar-refractivity contribution in [2.75, 3.05) is 0 Å². The Kier molecular flexibility index (Phi) is 5.10. The van der Waals surface area contributed by atoms with Gasteiger partial charge in [0, 0.05) is 40.7 Å². The highest BCUT2D eigenvalue weighted by Gasteiger charge is 2.22. The molecule has 3 aromatic heterocycles. The van der Waals surface area contributed by atoms with E-state index in [0.29, 0.717) is 33.4 Å². The summed E-state index contributed by atoms with van der Waals surface area (Å²) in [6.45, 7) is -0.338. The first kappa shape index (κ1) is 20.4. The zero-order valence-corrected chi connectivity index (χ0v) is 17.1. The Balaban J connectivity index is 1.91. The zero-order chi connectivity index (χ0) is 22.9. The minimum Gasteiger partial charge on any atom is -0.480 e. The number of pyridine rings is 2. The Hall–Kier alpha value is -4.46. The van der Waals surface area contributed by atoms with E-state index in [1.165, 1.54) is 28.9 Å². The van der Waals surface area contributed by atoms with Gasteiger partial charge in [0.25, 0.3) is 0 Å². The molecule has 0 atom stereocenters. The van der Waals surface area contributed by atoms with E-state index in [1.54, 1.807) is 42.9 Å². The molecule has 0 fully saturated rings. The third-order valence-electron chi connectivity index (χ3n) is 5.23. The maximum absolute atomic E-state index is 13.7. The van der Waals surface area contributed by atoms with Crippen molar-refractivity contribution < 1.29 is 18.7 Å². The van der Waals surface area contributed by atoms with E-state index < -0.39 is 5.97 Å². The van der Waals surface area contributed by atoms with Gasteiger partial charge < -0.3 is 5.11 Å². The third-order valence-corrected chi connectivity index (χ3v) is 5.23. The normalized spacial score (nSPS) is 11.1. The van der Waals surface area contributed by atoms with Crippen molar-refractivity contribution in [3.63, 3.8) is 0 Å². The van der Waals surface area contributed by atoms with Crippen LogP contribution in [0.2, 0.25) is 0 Å². The molecule has 1 N–H and O–H groups in total. The van der Waals surface area contributed by atoms with Crippen LogP contribution in [0.3, 0.4) is 0 Å². The van der Waals surface area contributed by atoms with Crippen molar-refractivity contribution in [2.45, 2.75) is 6.54 Å². The average Bonchev–Trinajstić information content (AvgIpc) is 3.21. The van der Waals surface area contributed by atoms with E-state index in [-0.39, 0.29) is 18.2 Å². The van der Waals surface area contributed by atoms with E-state index in [0.717, 1.165) is 11.1 Å². The molecule has 162 valence electrons. The van der Waals surface area contributed by atoms with E-state index >= 15 is 0 Å². The fraction of sp³-hybridized carbons (Fsp3) is 0.0400. The Morgan fingerprint density at radius 1 is 0.818 bits per heavy atom. The minimum absolute atomic E-state index is 0.327. The first-order chi connectivity index (χ1) is 16.0. The summed E-state index contributed by atoms with van der Waals surface area (Å²) in [7, 11) is 0. The first-order valence-corrected chi connectivity index (χ1v) is 10.0. The monoisotopic (exact) mass is 442 g/mol. The van der Waals surface area contributed by atoms with Crippen molar-refractivity contribution >= 4 is 17.0 Å². The topological polar surface area (TPSA) is 80.9 Å². The third kappa shape index (κ3) is 3.94. The maximum Gasteiger partial charge on any atom is 0.325 e. The van der Waals surface area contributed by atoms with Gasteiger partial charge in [0.05, 0.1) is 5.69 Å². The van der Waals surface area contributed by atoms with Crippen LogP contribution in [0.25, 0.3) is 44.5 Å². The summed E-state index contributed by atoms with van der Waals surface area (Å²) in [6, 6.07) is 15.6. The molecular formula is C25H16F2N4O2. The van der Waals surface area contributed by atoms with Gasteiger partial charge in [-0.25, -0.2) is 13.8 Å². The predicted molar refractivity (Wildman–Crippen MR) is 119 cm³/mol. The number of aromatic nitrogens is 4. The van der Waals surface area contributed by atoms with Crippen LogP contribution in [0.15, 0.2) is 79.3 Å². The van der Waals surface area contributed by atoms with Crippen LogP contribution in [0.5, 0.6) is 0 Å². The molecule has 6 nitrogen and oxygen atoms in total. The largest absolute Gasteiger partial charge is 0.480 e. The molecule has 2 aromatic carbocycles. The summed E-state index contributed by atoms with van der Waals surface area (Å²) in [5, 5.41) is 14.2. The van der Waals surface area contributed by atoms with Crippen LogP contribution in [0, 0.1) is 11.6 Å². The Morgan fingerprint density at radius 2 is 1.39 bits per heavy atom. The number of carbonyl (C=O) groups is 1. The van der Waals surface area contributed by atoms with E-state index in [2.05, 4.69) is 10.1 Å². The van der Waals surface area contributed by atoms with Gasteiger partial charge >= 0.3 is 5.97 Å². The standard InChI is InChI=1S/C25H16F2N4O2/c26-18-5-1-15(2-6-18)22-20-13-31(14-21(32)33)30-25(20)29-24(17-3-7-19(27)8-4-17)23(22)16-9-11-28-12-10-16/h1-13H,14H2,(H,32,33). The molecule has 3 heterocycles. The van der Waals surface area contributed by atoms with Crippen molar-refractivity contribution in [1.29, 1.82) is 0 Å². The summed E-state index contributed by atoms with van der Waals surface area (Å²) in [4.78, 5) is 20.1. The van der Waals surface area contributed by atoms with Gasteiger partial charge in [0.15, 0.2) is 5.65 Å². The van der Waals surface area contributed by atoms with Crippen molar-refractivity contribution in [3.05, 3.63) is 90.9 Å². The molecule has 0 spiro atoms. The van der Waals surface area contributed by atoms with Crippen LogP contribution in [0.4, 0.5) is 8.78 Å². The molecule has 8 heteroatoms. The molecular weight excluding hydrogens is 426 g/mol. The summed E-state index contributed by atoms with van der Waals surface area (Å²) < 4.78 is 28.7. The quantitative estimate of drug-likeness (QED) is 0.405. The predicted octanol–water partition coefficient (Wildman–Crippen LogP) is 5.19. The van der Waals surface area contributed by atoms with Crippen LogP contribution in [-0.2, 0) is 11.3 Å². The maximum atomic E-state index is 13.7. The number of hydrogen-bond donors (Lipinski definition) is 1. The molecule has 33 heavy (non-hydrogen) atoms. The number of benzene rings is 2. The number of rotatable bonds is 5. The number of carboxylic acid groups (broad SMARTS) is 1. The lowest BCUT2D eigenvalue weighted by Gasteiger charge is -2.16. The number of carboxylic acids is 1. The summed E-state index contributed by atoms with van der Waals surface area (Å²) in [6.07, 6.45) is 4.92. The molecule has 0 aliphatic rings. The number of halogens is 2. The van der Waals surface area contributed by atoms with Gasteiger partial charge in [-0.05, 0) is 59.7 Å². The lowest BCUT2D eigenvalue weighted by Crippen LogP contribution is -2.08. The molecule has 0 amide bonds. The van der Waals surface area contributed by atoms with Crippen LogP contribution >= 0.6 is 0 Å². The highest BCUT2D eigenvalue weighted by Crippen LogP contribution is 2.42. The van der Waals surface area contributed by atoms with E-state index in [9.17, 15) is 18.7 Å². The highest BCUT2D eigenvalue weighted by atomic mass is 19.1. The smallest absolute Gasteiger partial charge is 0.325 e. The van der Waals surface area contributed by atoms with Crippen molar-refractivity contribution in [3.8, 4) is 33.5 Å². The lowest BCUT2D eigenvalue weighted by molar-refractivity contribution is -0.137. The van der Waals surface area contributed by atoms with E-state index in [1.807, 2.05) is 12.1 Å². The molecule has 0 saturated carbocycles. The number of nitrogens with zero attached hydrogens (tertiary/aromatic N) is 4. The van der Waals surface area contributed by atoms with Crippen LogP contribution < -0.4 is 0 Å². The molecule has 0 bridgehead atoms. The Morgan fingerprint density at radius 3 is 2.00 bits per heavy atom. The molecule has 5 aromatic rings. The number of hydrogen-bond acceptors (Lipinski definition) is 4. The SMILES string of the molecule is O=C(O)Cn1cc2c(-c3ccc(F)cc3)c(-c3ccncc3)c(-c3ccc(F)cc3)nc2n1. The minimum atomic E-state index is -1.04. The fourth-order valence-corrected chi connectivity index (χ4v) is 3.84.